The van der Waals surface area contributed by atoms with E-state index < -0.39 is 11.9 Å². The lowest BCUT2D eigenvalue weighted by molar-refractivity contribution is -0.137. The Labute approximate surface area is 155 Å². The number of hydrogen-bond donors (Lipinski definition) is 3. The number of aldehydes is 1. The monoisotopic (exact) mass is 373 g/mol. The normalized spacial score (nSPS) is 10.1. The summed E-state index contributed by atoms with van der Waals surface area (Å²) in [6, 6.07) is 10.8. The van der Waals surface area contributed by atoms with E-state index in [0.717, 1.165) is 0 Å². The van der Waals surface area contributed by atoms with Gasteiger partial charge in [-0.3, -0.25) is 14.4 Å². The predicted octanol–water partition coefficient (Wildman–Crippen LogP) is 2.47. The van der Waals surface area contributed by atoms with E-state index in [0.29, 0.717) is 24.1 Å². The molecule has 0 bridgehead atoms. The summed E-state index contributed by atoms with van der Waals surface area (Å²) in [6.07, 6.45) is 0.926. The highest BCUT2D eigenvalue weighted by molar-refractivity contribution is 5.92. The van der Waals surface area contributed by atoms with Gasteiger partial charge in [-0.25, -0.2) is 0 Å². The molecule has 2 aromatic rings. The number of aliphatic carboxylic acids is 1. The second-order valence-corrected chi connectivity index (χ2v) is 5.55. The van der Waals surface area contributed by atoms with Crippen molar-refractivity contribution >= 4 is 23.9 Å². The molecule has 2 rings (SSSR count). The average Bonchev–Trinajstić information content (AvgIpc) is 2.64. The second kappa shape index (κ2) is 9.81. The maximum Gasteiger partial charge on any atom is 0.303 e. The molecule has 142 valence electrons. The van der Waals surface area contributed by atoms with Gasteiger partial charge in [0.25, 0.3) is 5.91 Å². The molecule has 0 atom stereocenters. The van der Waals surface area contributed by atoms with E-state index in [1.807, 2.05) is 0 Å². The molecule has 3 N–H and O–H groups in total. The quantitative estimate of drug-likeness (QED) is 0.432. The van der Waals surface area contributed by atoms with Crippen molar-refractivity contribution in [2.45, 2.75) is 12.8 Å². The van der Waals surface area contributed by atoms with E-state index >= 15 is 0 Å². The molecule has 0 unspecified atom stereocenters. The van der Waals surface area contributed by atoms with Crippen molar-refractivity contribution in [3.63, 3.8) is 0 Å². The van der Waals surface area contributed by atoms with Crippen molar-refractivity contribution in [3.8, 4) is 17.2 Å². The maximum atomic E-state index is 12.0. The van der Waals surface area contributed by atoms with Crippen LogP contribution in [0.3, 0.4) is 0 Å². The SMILES string of the molecule is O=Cc1ccc(OCC(=O)Nc2cccc(OCCCC(=O)O)c2)cc1O. The third-order valence-electron chi connectivity index (χ3n) is 3.42. The number of rotatable bonds is 10. The Bertz CT molecular complexity index is 819. The van der Waals surface area contributed by atoms with Crippen LogP contribution in [0.4, 0.5) is 5.69 Å². The number of carbonyl (C=O) groups is 3. The fraction of sp³-hybridized carbons (Fsp3) is 0.211. The van der Waals surface area contributed by atoms with E-state index in [2.05, 4.69) is 5.32 Å². The molecular weight excluding hydrogens is 354 g/mol. The predicted molar refractivity (Wildman–Crippen MR) is 96.4 cm³/mol. The van der Waals surface area contributed by atoms with Crippen molar-refractivity contribution in [1.82, 2.24) is 0 Å². The fourth-order valence-corrected chi connectivity index (χ4v) is 2.14. The van der Waals surface area contributed by atoms with Crippen LogP contribution >= 0.6 is 0 Å². The third kappa shape index (κ3) is 6.69. The standard InChI is InChI=1S/C19H19NO7/c21-11-13-6-7-16(10-17(13)22)27-12-18(23)20-14-3-1-4-15(9-14)26-8-2-5-19(24)25/h1,3-4,6-7,9-11,22H,2,5,8,12H2,(H,20,23)(H,24,25). The summed E-state index contributed by atoms with van der Waals surface area (Å²) in [5.74, 6) is -0.765. The zero-order valence-electron chi connectivity index (χ0n) is 14.4. The summed E-state index contributed by atoms with van der Waals surface area (Å²) in [5, 5.41) is 20.8. The van der Waals surface area contributed by atoms with Gasteiger partial charge in [-0.2, -0.15) is 0 Å². The Kier molecular flexibility index (Phi) is 7.18. The van der Waals surface area contributed by atoms with Crippen molar-refractivity contribution in [1.29, 1.82) is 0 Å². The first kappa shape index (κ1) is 19.8. The van der Waals surface area contributed by atoms with Gasteiger partial charge >= 0.3 is 5.97 Å². The molecule has 0 aliphatic rings. The third-order valence-corrected chi connectivity index (χ3v) is 3.42. The Morgan fingerprint density at radius 3 is 2.56 bits per heavy atom. The number of carboxylic acids is 1. The number of anilines is 1. The highest BCUT2D eigenvalue weighted by Gasteiger charge is 2.07. The first-order chi connectivity index (χ1) is 13.0. The van der Waals surface area contributed by atoms with Crippen LogP contribution in [0.2, 0.25) is 0 Å². The lowest BCUT2D eigenvalue weighted by Crippen LogP contribution is -2.20. The molecule has 0 aliphatic heterocycles. The molecule has 0 saturated carbocycles. The van der Waals surface area contributed by atoms with Gasteiger partial charge in [0.05, 0.1) is 12.2 Å². The number of phenols is 1. The van der Waals surface area contributed by atoms with Crippen LogP contribution in [0.1, 0.15) is 23.2 Å². The fourth-order valence-electron chi connectivity index (χ4n) is 2.14. The lowest BCUT2D eigenvalue weighted by Gasteiger charge is -2.10. The summed E-state index contributed by atoms with van der Waals surface area (Å²) in [6.45, 7) is -0.0311. The van der Waals surface area contributed by atoms with E-state index in [4.69, 9.17) is 14.6 Å². The number of amides is 1. The van der Waals surface area contributed by atoms with Crippen LogP contribution < -0.4 is 14.8 Å². The highest BCUT2D eigenvalue weighted by Crippen LogP contribution is 2.22. The molecule has 1 amide bonds. The molecular formula is C19H19NO7. The van der Waals surface area contributed by atoms with Gasteiger partial charge in [-0.15, -0.1) is 0 Å². The summed E-state index contributed by atoms with van der Waals surface area (Å²) in [5.41, 5.74) is 0.630. The van der Waals surface area contributed by atoms with Crippen molar-refractivity contribution in [2.75, 3.05) is 18.5 Å². The first-order valence-electron chi connectivity index (χ1n) is 8.13. The Hall–Kier alpha value is -3.55. The topological polar surface area (TPSA) is 122 Å². The Morgan fingerprint density at radius 1 is 1.07 bits per heavy atom. The van der Waals surface area contributed by atoms with Gasteiger partial charge in [0, 0.05) is 24.2 Å². The number of carbonyl (C=O) groups excluding carboxylic acids is 2. The largest absolute Gasteiger partial charge is 0.507 e. The number of nitrogens with one attached hydrogen (secondary N) is 1. The van der Waals surface area contributed by atoms with Gasteiger partial charge in [0.1, 0.15) is 17.2 Å². The maximum absolute atomic E-state index is 12.0. The van der Waals surface area contributed by atoms with Crippen molar-refractivity contribution < 1.29 is 34.1 Å². The molecule has 0 heterocycles. The summed E-state index contributed by atoms with van der Waals surface area (Å²) in [7, 11) is 0. The lowest BCUT2D eigenvalue weighted by atomic mass is 10.2. The molecule has 0 fully saturated rings. The van der Waals surface area contributed by atoms with Crippen LogP contribution in [0.5, 0.6) is 17.2 Å². The smallest absolute Gasteiger partial charge is 0.303 e. The van der Waals surface area contributed by atoms with Gasteiger partial charge < -0.3 is 25.0 Å². The van der Waals surface area contributed by atoms with Crippen LogP contribution in [-0.4, -0.2) is 41.6 Å². The van der Waals surface area contributed by atoms with Crippen LogP contribution in [0, 0.1) is 0 Å². The van der Waals surface area contributed by atoms with E-state index in [1.165, 1.54) is 18.2 Å². The summed E-state index contributed by atoms with van der Waals surface area (Å²) >= 11 is 0. The number of carboxylic acid groups (broad SMARTS) is 1. The van der Waals surface area contributed by atoms with Crippen molar-refractivity contribution in [2.24, 2.45) is 0 Å². The number of ether oxygens (including phenoxy) is 2. The average molecular weight is 373 g/mol. The van der Waals surface area contributed by atoms with Crippen LogP contribution in [0.25, 0.3) is 0 Å². The van der Waals surface area contributed by atoms with E-state index in [9.17, 15) is 19.5 Å². The van der Waals surface area contributed by atoms with Crippen LogP contribution in [0.15, 0.2) is 42.5 Å². The zero-order chi connectivity index (χ0) is 19.6. The minimum absolute atomic E-state index is 0.0249. The van der Waals surface area contributed by atoms with Gasteiger partial charge in [0.15, 0.2) is 12.9 Å². The van der Waals surface area contributed by atoms with Crippen LogP contribution in [-0.2, 0) is 9.59 Å². The minimum atomic E-state index is -0.881. The number of hydrogen-bond acceptors (Lipinski definition) is 6. The van der Waals surface area contributed by atoms with E-state index in [-0.39, 0.29) is 36.7 Å². The van der Waals surface area contributed by atoms with E-state index in [1.54, 1.807) is 24.3 Å². The number of benzene rings is 2. The second-order valence-electron chi connectivity index (χ2n) is 5.55. The summed E-state index contributed by atoms with van der Waals surface area (Å²) < 4.78 is 10.7. The van der Waals surface area contributed by atoms with Gasteiger partial charge in [-0.1, -0.05) is 6.07 Å². The Morgan fingerprint density at radius 2 is 1.85 bits per heavy atom. The number of aromatic hydroxyl groups is 1. The first-order valence-corrected chi connectivity index (χ1v) is 8.13. The molecule has 2 aromatic carbocycles. The molecule has 8 heteroatoms. The zero-order valence-corrected chi connectivity index (χ0v) is 14.4. The molecule has 0 aliphatic carbocycles. The molecule has 0 saturated heterocycles. The molecule has 0 aromatic heterocycles. The molecule has 0 radical (unpaired) electrons. The van der Waals surface area contributed by atoms with Gasteiger partial charge in [0.2, 0.25) is 0 Å². The summed E-state index contributed by atoms with van der Waals surface area (Å²) in [4.78, 5) is 33.1. The molecule has 0 spiro atoms. The minimum Gasteiger partial charge on any atom is -0.507 e. The highest BCUT2D eigenvalue weighted by atomic mass is 16.5. The van der Waals surface area contributed by atoms with Crippen molar-refractivity contribution in [3.05, 3.63) is 48.0 Å². The Balaban J connectivity index is 1.83. The van der Waals surface area contributed by atoms with Gasteiger partial charge in [-0.05, 0) is 30.7 Å². The molecule has 8 nitrogen and oxygen atoms in total. The molecule has 27 heavy (non-hydrogen) atoms. The number of phenolic OH excluding ortho intramolecular Hbond substituents is 1.